The van der Waals surface area contributed by atoms with Crippen LogP contribution in [-0.2, 0) is 0 Å². The number of primary amides is 1. The van der Waals surface area contributed by atoms with Gasteiger partial charge in [-0.15, -0.1) is 11.3 Å². The molecule has 0 fully saturated rings. The number of nitrogen functional groups attached to an aromatic ring is 1. The zero-order valence-electron chi connectivity index (χ0n) is 12.3. The highest BCUT2D eigenvalue weighted by atomic mass is 35.5. The Morgan fingerprint density at radius 1 is 1.17 bits per heavy atom. The minimum absolute atomic E-state index is 0.0865. The standard InChI is InChI=1S/C17H12ClN3O2S/c18-11-6-10(17(20)23)13(12-7-21-8-24-12)15(19)14(11)16(22)9-4-2-1-3-5-9/h1-8H,19H2,(H2,20,23). The Hall–Kier alpha value is -2.70. The lowest BCUT2D eigenvalue weighted by atomic mass is 9.94. The Balaban J connectivity index is 2.27. The maximum Gasteiger partial charge on any atom is 0.249 e. The van der Waals surface area contributed by atoms with Gasteiger partial charge in [-0.05, 0) is 6.07 Å². The molecule has 120 valence electrons. The summed E-state index contributed by atoms with van der Waals surface area (Å²) in [5.41, 5.74) is 14.5. The van der Waals surface area contributed by atoms with E-state index in [-0.39, 0.29) is 27.6 Å². The van der Waals surface area contributed by atoms with E-state index in [4.69, 9.17) is 23.1 Å². The van der Waals surface area contributed by atoms with Crippen LogP contribution in [0.15, 0.2) is 48.1 Å². The summed E-state index contributed by atoms with van der Waals surface area (Å²) in [6, 6.07) is 10.0. The van der Waals surface area contributed by atoms with Crippen LogP contribution >= 0.6 is 22.9 Å². The van der Waals surface area contributed by atoms with Crippen molar-refractivity contribution in [3.05, 3.63) is 69.8 Å². The molecule has 0 saturated heterocycles. The molecule has 0 spiro atoms. The minimum Gasteiger partial charge on any atom is -0.398 e. The number of halogens is 1. The number of aromatic nitrogens is 1. The second-order valence-electron chi connectivity index (χ2n) is 4.99. The number of nitrogens with two attached hydrogens (primary N) is 2. The number of hydrogen-bond acceptors (Lipinski definition) is 5. The van der Waals surface area contributed by atoms with Crippen molar-refractivity contribution in [1.29, 1.82) is 0 Å². The molecule has 1 heterocycles. The monoisotopic (exact) mass is 357 g/mol. The van der Waals surface area contributed by atoms with Gasteiger partial charge in [0.05, 0.1) is 32.2 Å². The summed E-state index contributed by atoms with van der Waals surface area (Å²) in [4.78, 5) is 29.2. The maximum atomic E-state index is 12.8. The van der Waals surface area contributed by atoms with Gasteiger partial charge in [-0.2, -0.15) is 0 Å². The largest absolute Gasteiger partial charge is 0.398 e. The molecule has 1 amide bonds. The zero-order chi connectivity index (χ0) is 17.3. The van der Waals surface area contributed by atoms with Crippen molar-refractivity contribution in [2.45, 2.75) is 0 Å². The van der Waals surface area contributed by atoms with Crippen LogP contribution in [0.2, 0.25) is 5.02 Å². The van der Waals surface area contributed by atoms with Crippen LogP contribution in [0.4, 0.5) is 5.69 Å². The topological polar surface area (TPSA) is 99.1 Å². The van der Waals surface area contributed by atoms with Gasteiger partial charge in [0.15, 0.2) is 5.78 Å². The fourth-order valence-electron chi connectivity index (χ4n) is 2.43. The van der Waals surface area contributed by atoms with Gasteiger partial charge in [-0.1, -0.05) is 41.9 Å². The Bertz CT molecular complexity index is 925. The molecule has 24 heavy (non-hydrogen) atoms. The van der Waals surface area contributed by atoms with Crippen molar-refractivity contribution in [2.24, 2.45) is 5.73 Å². The molecule has 2 aromatic carbocycles. The molecular formula is C17H12ClN3O2S. The van der Waals surface area contributed by atoms with E-state index in [9.17, 15) is 9.59 Å². The third-order valence-corrected chi connectivity index (χ3v) is 4.61. The third kappa shape index (κ3) is 2.77. The van der Waals surface area contributed by atoms with Crippen molar-refractivity contribution in [3.8, 4) is 10.4 Å². The fraction of sp³-hybridized carbons (Fsp3) is 0. The van der Waals surface area contributed by atoms with Crippen molar-refractivity contribution in [3.63, 3.8) is 0 Å². The number of thiazole rings is 1. The first-order valence-corrected chi connectivity index (χ1v) is 8.17. The van der Waals surface area contributed by atoms with Gasteiger partial charge in [0.25, 0.3) is 0 Å². The van der Waals surface area contributed by atoms with Gasteiger partial charge < -0.3 is 11.5 Å². The Morgan fingerprint density at radius 2 is 1.88 bits per heavy atom. The van der Waals surface area contributed by atoms with E-state index in [1.807, 2.05) is 0 Å². The van der Waals surface area contributed by atoms with Crippen molar-refractivity contribution < 1.29 is 9.59 Å². The van der Waals surface area contributed by atoms with Gasteiger partial charge >= 0.3 is 0 Å². The molecule has 0 aliphatic rings. The van der Waals surface area contributed by atoms with Crippen LogP contribution in [0, 0.1) is 0 Å². The second-order valence-corrected chi connectivity index (χ2v) is 6.29. The average molecular weight is 358 g/mol. The summed E-state index contributed by atoms with van der Waals surface area (Å²) < 4.78 is 0. The number of hydrogen-bond donors (Lipinski definition) is 2. The van der Waals surface area contributed by atoms with Crippen molar-refractivity contribution in [2.75, 3.05) is 5.73 Å². The molecule has 0 bridgehead atoms. The van der Waals surface area contributed by atoms with Crippen LogP contribution in [0.3, 0.4) is 0 Å². The van der Waals surface area contributed by atoms with E-state index in [2.05, 4.69) is 4.98 Å². The Labute approximate surface area is 146 Å². The van der Waals surface area contributed by atoms with Crippen molar-refractivity contribution in [1.82, 2.24) is 4.98 Å². The van der Waals surface area contributed by atoms with E-state index in [1.54, 1.807) is 42.0 Å². The first-order chi connectivity index (χ1) is 11.5. The molecule has 0 radical (unpaired) electrons. The molecule has 0 aliphatic heterocycles. The number of carbonyl (C=O) groups is 2. The number of anilines is 1. The number of carbonyl (C=O) groups excluding carboxylic acids is 2. The number of benzene rings is 2. The molecule has 7 heteroatoms. The summed E-state index contributed by atoms with van der Waals surface area (Å²) in [5.74, 6) is -0.995. The molecule has 1 aromatic heterocycles. The highest BCUT2D eigenvalue weighted by Gasteiger charge is 2.24. The summed E-state index contributed by atoms with van der Waals surface area (Å²) >= 11 is 7.53. The molecule has 0 atom stereocenters. The van der Waals surface area contributed by atoms with Crippen LogP contribution in [-0.4, -0.2) is 16.7 Å². The molecular weight excluding hydrogens is 346 g/mol. The number of ketones is 1. The Kier molecular flexibility index (Phi) is 4.33. The number of nitrogens with zero attached hydrogens (tertiary/aromatic N) is 1. The van der Waals surface area contributed by atoms with Gasteiger partial charge in [0.1, 0.15) is 0 Å². The SMILES string of the molecule is NC(=O)c1cc(Cl)c(C(=O)c2ccccc2)c(N)c1-c1cncs1. The molecule has 5 nitrogen and oxygen atoms in total. The Morgan fingerprint density at radius 3 is 2.46 bits per heavy atom. The molecule has 0 aliphatic carbocycles. The predicted molar refractivity (Wildman–Crippen MR) is 95.4 cm³/mol. The van der Waals surface area contributed by atoms with E-state index in [0.717, 1.165) is 0 Å². The quantitative estimate of drug-likeness (QED) is 0.552. The van der Waals surface area contributed by atoms with E-state index >= 15 is 0 Å². The van der Waals surface area contributed by atoms with Crippen LogP contribution in [0.25, 0.3) is 10.4 Å². The lowest BCUT2D eigenvalue weighted by Crippen LogP contribution is -2.16. The van der Waals surface area contributed by atoms with Crippen LogP contribution in [0.1, 0.15) is 26.3 Å². The zero-order valence-corrected chi connectivity index (χ0v) is 13.9. The number of rotatable bonds is 4. The van der Waals surface area contributed by atoms with E-state index in [0.29, 0.717) is 16.0 Å². The van der Waals surface area contributed by atoms with Gasteiger partial charge in [-0.3, -0.25) is 14.6 Å². The lowest BCUT2D eigenvalue weighted by Gasteiger charge is -2.14. The van der Waals surface area contributed by atoms with E-state index in [1.165, 1.54) is 17.4 Å². The first kappa shape index (κ1) is 16.2. The van der Waals surface area contributed by atoms with E-state index < -0.39 is 5.91 Å². The molecule has 0 unspecified atom stereocenters. The molecule has 3 aromatic rings. The second kappa shape index (κ2) is 6.43. The molecule has 4 N–H and O–H groups in total. The summed E-state index contributed by atoms with van der Waals surface area (Å²) in [6.07, 6.45) is 1.56. The summed E-state index contributed by atoms with van der Waals surface area (Å²) in [5, 5.41) is 0.0865. The minimum atomic E-state index is -0.675. The summed E-state index contributed by atoms with van der Waals surface area (Å²) in [6.45, 7) is 0. The fourth-order valence-corrected chi connectivity index (χ4v) is 3.42. The van der Waals surface area contributed by atoms with Crippen molar-refractivity contribution >= 4 is 40.3 Å². The average Bonchev–Trinajstić information content (AvgIpc) is 3.09. The maximum absolute atomic E-state index is 12.8. The normalized spacial score (nSPS) is 10.5. The first-order valence-electron chi connectivity index (χ1n) is 6.91. The number of amides is 1. The lowest BCUT2D eigenvalue weighted by molar-refractivity contribution is 0.0997. The van der Waals surface area contributed by atoms with Gasteiger partial charge in [0.2, 0.25) is 5.91 Å². The van der Waals surface area contributed by atoms with Crippen LogP contribution in [0.5, 0.6) is 0 Å². The predicted octanol–water partition coefficient (Wildman–Crippen LogP) is 3.38. The summed E-state index contributed by atoms with van der Waals surface area (Å²) in [7, 11) is 0. The molecule has 0 saturated carbocycles. The smallest absolute Gasteiger partial charge is 0.249 e. The highest BCUT2D eigenvalue weighted by molar-refractivity contribution is 7.13. The van der Waals surface area contributed by atoms with Crippen LogP contribution < -0.4 is 11.5 Å². The third-order valence-electron chi connectivity index (χ3n) is 3.53. The highest BCUT2D eigenvalue weighted by Crippen LogP contribution is 2.39. The molecule has 3 rings (SSSR count). The van der Waals surface area contributed by atoms with Gasteiger partial charge in [-0.25, -0.2) is 0 Å². The van der Waals surface area contributed by atoms with Gasteiger partial charge in [0, 0.05) is 17.3 Å².